The number of hydrogen-bond acceptors (Lipinski definition) is 2. The molecule has 3 nitrogen and oxygen atoms in total. The average molecular weight is 225 g/mol. The highest BCUT2D eigenvalue weighted by molar-refractivity contribution is 4.83. The van der Waals surface area contributed by atoms with E-state index in [1.165, 1.54) is 25.9 Å². The number of hydrogen-bond donors (Lipinski definition) is 0. The first-order valence-corrected chi connectivity index (χ1v) is 6.52. The maximum absolute atomic E-state index is 4.07. The van der Waals surface area contributed by atoms with Crippen molar-refractivity contribution in [2.24, 2.45) is 0 Å². The van der Waals surface area contributed by atoms with Gasteiger partial charge in [-0.3, -0.25) is 0 Å². The minimum absolute atomic E-state index is 0.684. The van der Waals surface area contributed by atoms with Gasteiger partial charge in [0.05, 0.1) is 6.33 Å². The third kappa shape index (κ3) is 4.79. The van der Waals surface area contributed by atoms with Crippen LogP contribution in [0.5, 0.6) is 0 Å². The molecular weight excluding hydrogens is 198 g/mol. The Labute approximate surface area is 100 Å². The molecule has 0 radical (unpaired) electrons. The van der Waals surface area contributed by atoms with Crippen LogP contribution in [0.4, 0.5) is 0 Å². The van der Waals surface area contributed by atoms with Crippen molar-refractivity contribution in [2.75, 3.05) is 20.1 Å². The highest BCUT2D eigenvalue weighted by atomic mass is 15.1. The molecule has 0 unspecified atom stereocenters. The molecule has 1 aromatic rings. The van der Waals surface area contributed by atoms with Crippen LogP contribution in [-0.2, 0) is 0 Å². The second-order valence-corrected chi connectivity index (χ2v) is 3.54. The molecule has 0 saturated carbocycles. The second kappa shape index (κ2) is 9.40. The zero-order valence-corrected chi connectivity index (χ0v) is 11.5. The molecule has 2 heterocycles. The van der Waals surface area contributed by atoms with Crippen LogP contribution in [0.2, 0.25) is 0 Å². The largest absolute Gasteiger partial charge is 0.334 e. The van der Waals surface area contributed by atoms with Crippen LogP contribution in [0.25, 0.3) is 0 Å². The summed E-state index contributed by atoms with van der Waals surface area (Å²) in [4.78, 5) is 6.45. The molecule has 16 heavy (non-hydrogen) atoms. The van der Waals surface area contributed by atoms with E-state index in [9.17, 15) is 0 Å². The van der Waals surface area contributed by atoms with E-state index in [1.54, 1.807) is 0 Å². The third-order valence-corrected chi connectivity index (χ3v) is 2.63. The lowest BCUT2D eigenvalue weighted by Crippen LogP contribution is -2.31. The second-order valence-electron chi connectivity index (χ2n) is 3.54. The third-order valence-electron chi connectivity index (χ3n) is 2.63. The lowest BCUT2D eigenvalue weighted by molar-refractivity contribution is 0.221. The average Bonchev–Trinajstić information content (AvgIpc) is 2.89. The first-order chi connectivity index (χ1) is 7.86. The predicted octanol–water partition coefficient (Wildman–Crippen LogP) is 3.20. The molecule has 3 heteroatoms. The van der Waals surface area contributed by atoms with Gasteiger partial charge in [-0.25, -0.2) is 4.98 Å². The van der Waals surface area contributed by atoms with Crippen molar-refractivity contribution in [3.63, 3.8) is 0 Å². The van der Waals surface area contributed by atoms with Crippen molar-refractivity contribution in [1.29, 1.82) is 0 Å². The Morgan fingerprint density at radius 3 is 2.06 bits per heavy atom. The molecule has 1 fully saturated rings. The Balaban J connectivity index is 0.000000509. The molecule has 94 valence electrons. The van der Waals surface area contributed by atoms with Gasteiger partial charge in [-0.1, -0.05) is 27.7 Å². The van der Waals surface area contributed by atoms with E-state index in [1.807, 2.05) is 40.2 Å². The highest BCUT2D eigenvalue weighted by Gasteiger charge is 2.16. The van der Waals surface area contributed by atoms with Gasteiger partial charge in [0, 0.05) is 18.4 Å². The lowest BCUT2D eigenvalue weighted by atomic mass is 10.1. The summed E-state index contributed by atoms with van der Waals surface area (Å²) in [6.45, 7) is 10.4. The number of likely N-dealkylation sites (tertiary alicyclic amines) is 1. The van der Waals surface area contributed by atoms with Crippen LogP contribution in [0, 0.1) is 0 Å². The van der Waals surface area contributed by atoms with Gasteiger partial charge in [-0.2, -0.15) is 0 Å². The Morgan fingerprint density at radius 2 is 1.62 bits per heavy atom. The molecule has 0 amide bonds. The van der Waals surface area contributed by atoms with Crippen molar-refractivity contribution in [1.82, 2.24) is 14.5 Å². The SMILES string of the molecule is CC.CC.CN1CCC(n2ccnc2)CC1. The van der Waals surface area contributed by atoms with E-state index in [4.69, 9.17) is 0 Å². The number of nitrogens with zero attached hydrogens (tertiary/aromatic N) is 3. The van der Waals surface area contributed by atoms with Gasteiger partial charge < -0.3 is 9.47 Å². The molecule has 1 aromatic heterocycles. The zero-order chi connectivity index (χ0) is 12.4. The molecule has 0 aromatic carbocycles. The molecular formula is C13H27N3. The fraction of sp³-hybridized carbons (Fsp3) is 0.769. The summed E-state index contributed by atoms with van der Waals surface area (Å²) >= 11 is 0. The number of aromatic nitrogens is 2. The van der Waals surface area contributed by atoms with Gasteiger partial charge in [0.15, 0.2) is 0 Å². The van der Waals surface area contributed by atoms with E-state index in [0.29, 0.717) is 6.04 Å². The Hall–Kier alpha value is -0.830. The number of piperidine rings is 1. The highest BCUT2D eigenvalue weighted by Crippen LogP contribution is 2.20. The van der Waals surface area contributed by atoms with Gasteiger partial charge >= 0.3 is 0 Å². The molecule has 1 saturated heterocycles. The minimum Gasteiger partial charge on any atom is -0.334 e. The van der Waals surface area contributed by atoms with Crippen LogP contribution in [0.1, 0.15) is 46.6 Å². The topological polar surface area (TPSA) is 21.1 Å². The minimum atomic E-state index is 0.684. The summed E-state index contributed by atoms with van der Waals surface area (Å²) in [7, 11) is 2.18. The standard InChI is InChI=1S/C9H15N3.2C2H6/c1-11-5-2-9(3-6-11)12-7-4-10-8-12;2*1-2/h4,7-9H,2-3,5-6H2,1H3;2*1-2H3. The van der Waals surface area contributed by atoms with Gasteiger partial charge in [0.2, 0.25) is 0 Å². The Bertz CT molecular complexity index is 223. The first kappa shape index (κ1) is 15.2. The summed E-state index contributed by atoms with van der Waals surface area (Å²) < 4.78 is 2.23. The molecule has 2 rings (SSSR count). The van der Waals surface area contributed by atoms with Gasteiger partial charge in [-0.15, -0.1) is 0 Å². The van der Waals surface area contributed by atoms with E-state index in [2.05, 4.69) is 27.7 Å². The smallest absolute Gasteiger partial charge is 0.0948 e. The maximum Gasteiger partial charge on any atom is 0.0948 e. The molecule has 0 aliphatic carbocycles. The Kier molecular flexibility index (Phi) is 8.91. The van der Waals surface area contributed by atoms with E-state index >= 15 is 0 Å². The molecule has 0 spiro atoms. The van der Waals surface area contributed by atoms with Crippen molar-refractivity contribution in [3.05, 3.63) is 18.7 Å². The summed E-state index contributed by atoms with van der Waals surface area (Å²) in [5.41, 5.74) is 0. The van der Waals surface area contributed by atoms with Crippen LogP contribution < -0.4 is 0 Å². The van der Waals surface area contributed by atoms with E-state index in [-0.39, 0.29) is 0 Å². The summed E-state index contributed by atoms with van der Waals surface area (Å²) in [6, 6.07) is 0.684. The van der Waals surface area contributed by atoms with E-state index < -0.39 is 0 Å². The van der Waals surface area contributed by atoms with Crippen molar-refractivity contribution in [3.8, 4) is 0 Å². The number of imidazole rings is 1. The monoisotopic (exact) mass is 225 g/mol. The molecule has 0 atom stereocenters. The normalized spacial score (nSPS) is 16.8. The van der Waals surface area contributed by atoms with Crippen LogP contribution >= 0.6 is 0 Å². The van der Waals surface area contributed by atoms with E-state index in [0.717, 1.165) is 0 Å². The quantitative estimate of drug-likeness (QED) is 0.732. The molecule has 0 N–H and O–H groups in total. The van der Waals surface area contributed by atoms with Crippen LogP contribution in [0.3, 0.4) is 0 Å². The van der Waals surface area contributed by atoms with Crippen LogP contribution in [0.15, 0.2) is 18.7 Å². The molecule has 0 bridgehead atoms. The Morgan fingerprint density at radius 1 is 1.06 bits per heavy atom. The fourth-order valence-corrected chi connectivity index (χ4v) is 1.78. The van der Waals surface area contributed by atoms with Crippen LogP contribution in [-0.4, -0.2) is 34.6 Å². The summed E-state index contributed by atoms with van der Waals surface area (Å²) in [6.07, 6.45) is 8.37. The first-order valence-electron chi connectivity index (χ1n) is 6.52. The van der Waals surface area contributed by atoms with Crippen molar-refractivity contribution >= 4 is 0 Å². The lowest BCUT2D eigenvalue weighted by Gasteiger charge is -2.29. The predicted molar refractivity (Wildman–Crippen MR) is 70.7 cm³/mol. The number of rotatable bonds is 1. The summed E-state index contributed by atoms with van der Waals surface area (Å²) in [5.74, 6) is 0. The maximum atomic E-state index is 4.07. The van der Waals surface area contributed by atoms with Crippen molar-refractivity contribution < 1.29 is 0 Å². The van der Waals surface area contributed by atoms with Gasteiger partial charge in [-0.05, 0) is 33.0 Å². The molecule has 1 aliphatic heterocycles. The fourth-order valence-electron chi connectivity index (χ4n) is 1.78. The zero-order valence-electron chi connectivity index (χ0n) is 11.5. The van der Waals surface area contributed by atoms with Crippen molar-refractivity contribution in [2.45, 2.75) is 46.6 Å². The van der Waals surface area contributed by atoms with Gasteiger partial charge in [0.1, 0.15) is 0 Å². The van der Waals surface area contributed by atoms with Gasteiger partial charge in [0.25, 0.3) is 0 Å². The molecule has 1 aliphatic rings. The summed E-state index contributed by atoms with van der Waals surface area (Å²) in [5, 5.41) is 0.